The summed E-state index contributed by atoms with van der Waals surface area (Å²) in [7, 11) is 0. The van der Waals surface area contributed by atoms with E-state index in [-0.39, 0.29) is 29.1 Å². The van der Waals surface area contributed by atoms with Gasteiger partial charge in [-0.3, -0.25) is 9.59 Å². The molecule has 5 nitrogen and oxygen atoms in total. The van der Waals surface area contributed by atoms with E-state index in [1.165, 1.54) is 23.9 Å². The van der Waals surface area contributed by atoms with Crippen LogP contribution in [0.25, 0.3) is 0 Å². The van der Waals surface area contributed by atoms with Crippen molar-refractivity contribution in [2.24, 2.45) is 0 Å². The zero-order chi connectivity index (χ0) is 18.3. The monoisotopic (exact) mass is 376 g/mol. The number of carbonyl (C=O) groups is 2. The topological polar surface area (TPSA) is 58.6 Å². The normalized spacial score (nSPS) is 14.9. The Bertz CT molecular complexity index is 587. The number of piperidine rings is 1. The van der Waals surface area contributed by atoms with Crippen molar-refractivity contribution in [1.82, 2.24) is 4.90 Å². The van der Waals surface area contributed by atoms with E-state index in [4.69, 9.17) is 0 Å². The average molecular weight is 376 g/mol. The van der Waals surface area contributed by atoms with Gasteiger partial charge in [-0.25, -0.2) is 0 Å². The predicted octanol–water partition coefficient (Wildman–Crippen LogP) is 3.27. The van der Waals surface area contributed by atoms with Gasteiger partial charge in [0.2, 0.25) is 11.8 Å². The largest absolute Gasteiger partial charge is 0.573 e. The molecule has 0 radical (unpaired) electrons. The summed E-state index contributed by atoms with van der Waals surface area (Å²) in [4.78, 5) is 25.6. The van der Waals surface area contributed by atoms with Gasteiger partial charge >= 0.3 is 6.36 Å². The number of amides is 2. The van der Waals surface area contributed by atoms with Gasteiger partial charge in [0.15, 0.2) is 0 Å². The molecule has 1 saturated heterocycles. The Labute approximate surface area is 147 Å². The van der Waals surface area contributed by atoms with E-state index in [2.05, 4.69) is 10.1 Å². The van der Waals surface area contributed by atoms with Gasteiger partial charge in [0, 0.05) is 18.8 Å². The maximum Gasteiger partial charge on any atom is 0.573 e. The van der Waals surface area contributed by atoms with Gasteiger partial charge in [0.1, 0.15) is 5.75 Å². The number of hydrogen-bond donors (Lipinski definition) is 1. The second-order valence-electron chi connectivity index (χ2n) is 5.55. The Kier molecular flexibility index (Phi) is 6.98. The lowest BCUT2D eigenvalue weighted by Crippen LogP contribution is -2.37. The predicted molar refractivity (Wildman–Crippen MR) is 89.5 cm³/mol. The minimum Gasteiger partial charge on any atom is -0.406 e. The number of nitrogens with one attached hydrogen (secondary N) is 1. The third-order valence-electron chi connectivity index (χ3n) is 3.54. The molecule has 2 rings (SSSR count). The number of ether oxygens (including phenoxy) is 1. The van der Waals surface area contributed by atoms with E-state index >= 15 is 0 Å². The van der Waals surface area contributed by atoms with Crippen LogP contribution in [-0.2, 0) is 9.59 Å². The molecule has 0 bridgehead atoms. The molecular weight excluding hydrogens is 357 g/mol. The number of thioether (sulfide) groups is 1. The lowest BCUT2D eigenvalue weighted by Gasteiger charge is -2.26. The van der Waals surface area contributed by atoms with Crippen LogP contribution in [0.2, 0.25) is 0 Å². The van der Waals surface area contributed by atoms with Crippen molar-refractivity contribution in [2.75, 3.05) is 29.9 Å². The van der Waals surface area contributed by atoms with E-state index in [0.29, 0.717) is 5.69 Å². The molecule has 25 heavy (non-hydrogen) atoms. The molecule has 0 aromatic heterocycles. The second-order valence-corrected chi connectivity index (χ2v) is 6.54. The molecule has 1 fully saturated rings. The molecule has 9 heteroatoms. The van der Waals surface area contributed by atoms with Crippen LogP contribution < -0.4 is 10.1 Å². The van der Waals surface area contributed by atoms with Crippen LogP contribution in [-0.4, -0.2) is 47.7 Å². The Hall–Kier alpha value is -1.90. The summed E-state index contributed by atoms with van der Waals surface area (Å²) in [6.07, 6.45) is -1.57. The molecule has 1 heterocycles. The third-order valence-corrected chi connectivity index (χ3v) is 4.46. The fraction of sp³-hybridized carbons (Fsp3) is 0.500. The molecule has 1 aromatic carbocycles. The van der Waals surface area contributed by atoms with Gasteiger partial charge in [-0.05, 0) is 43.5 Å². The number of likely N-dealkylation sites (tertiary alicyclic amines) is 1. The minimum atomic E-state index is -4.75. The van der Waals surface area contributed by atoms with Crippen molar-refractivity contribution in [3.8, 4) is 5.75 Å². The van der Waals surface area contributed by atoms with E-state index in [1.54, 1.807) is 0 Å². The minimum absolute atomic E-state index is 0.0335. The molecule has 0 spiro atoms. The SMILES string of the molecule is O=C(CSCC(=O)N1CCCCC1)Nc1ccc(OC(F)(F)F)cc1. The molecule has 0 atom stereocenters. The number of carbonyl (C=O) groups excluding carboxylic acids is 2. The van der Waals surface area contributed by atoms with Crippen molar-refractivity contribution in [2.45, 2.75) is 25.6 Å². The zero-order valence-electron chi connectivity index (χ0n) is 13.5. The van der Waals surface area contributed by atoms with E-state index in [0.717, 1.165) is 44.5 Å². The molecule has 1 N–H and O–H groups in total. The maximum absolute atomic E-state index is 12.1. The Morgan fingerprint density at radius 3 is 2.32 bits per heavy atom. The lowest BCUT2D eigenvalue weighted by molar-refractivity contribution is -0.274. The van der Waals surface area contributed by atoms with Crippen LogP contribution in [0.5, 0.6) is 5.75 Å². The van der Waals surface area contributed by atoms with Gasteiger partial charge in [-0.1, -0.05) is 0 Å². The summed E-state index contributed by atoms with van der Waals surface area (Å²) in [5.74, 6) is -0.300. The first-order chi connectivity index (χ1) is 11.8. The highest BCUT2D eigenvalue weighted by Gasteiger charge is 2.30. The highest BCUT2D eigenvalue weighted by molar-refractivity contribution is 8.00. The van der Waals surface area contributed by atoms with E-state index < -0.39 is 6.36 Å². The molecular formula is C16H19F3N2O3S. The molecule has 0 saturated carbocycles. The fourth-order valence-electron chi connectivity index (χ4n) is 2.40. The summed E-state index contributed by atoms with van der Waals surface area (Å²) < 4.78 is 39.9. The number of alkyl halides is 3. The van der Waals surface area contributed by atoms with Gasteiger partial charge in [-0.2, -0.15) is 0 Å². The van der Waals surface area contributed by atoms with Crippen LogP contribution in [0.15, 0.2) is 24.3 Å². The number of hydrogen-bond acceptors (Lipinski definition) is 4. The first-order valence-corrected chi connectivity index (χ1v) is 9.00. The van der Waals surface area contributed by atoms with Crippen LogP contribution >= 0.6 is 11.8 Å². The summed E-state index contributed by atoms with van der Waals surface area (Å²) in [6.45, 7) is 1.55. The summed E-state index contributed by atoms with van der Waals surface area (Å²) in [5, 5.41) is 2.56. The Morgan fingerprint density at radius 1 is 1.08 bits per heavy atom. The third kappa shape index (κ3) is 7.25. The van der Waals surface area contributed by atoms with Crippen LogP contribution in [0.1, 0.15) is 19.3 Å². The molecule has 2 amide bonds. The number of halogens is 3. The average Bonchev–Trinajstić information content (AvgIpc) is 2.56. The van der Waals surface area contributed by atoms with Crippen molar-refractivity contribution in [1.29, 1.82) is 0 Å². The molecule has 1 aliphatic rings. The molecule has 1 aromatic rings. The quantitative estimate of drug-likeness (QED) is 0.828. The number of nitrogens with zero attached hydrogens (tertiary/aromatic N) is 1. The smallest absolute Gasteiger partial charge is 0.406 e. The highest BCUT2D eigenvalue weighted by atomic mass is 32.2. The standard InChI is InChI=1S/C16H19F3N2O3S/c17-16(18,19)24-13-6-4-12(5-7-13)20-14(22)10-25-11-15(23)21-8-2-1-3-9-21/h4-7H,1-3,8-11H2,(H,20,22). The van der Waals surface area contributed by atoms with Crippen LogP contribution in [0, 0.1) is 0 Å². The maximum atomic E-state index is 12.1. The zero-order valence-corrected chi connectivity index (χ0v) is 14.3. The lowest BCUT2D eigenvalue weighted by atomic mass is 10.1. The number of anilines is 1. The van der Waals surface area contributed by atoms with Crippen molar-refractivity contribution in [3.63, 3.8) is 0 Å². The first kappa shape index (κ1) is 19.4. The number of rotatable bonds is 6. The van der Waals surface area contributed by atoms with E-state index in [1.807, 2.05) is 4.90 Å². The molecule has 138 valence electrons. The fourth-order valence-corrected chi connectivity index (χ4v) is 3.12. The Morgan fingerprint density at radius 2 is 1.72 bits per heavy atom. The highest BCUT2D eigenvalue weighted by Crippen LogP contribution is 2.24. The summed E-state index contributed by atoms with van der Waals surface area (Å²) >= 11 is 1.22. The van der Waals surface area contributed by atoms with Gasteiger partial charge in [-0.15, -0.1) is 24.9 Å². The van der Waals surface area contributed by atoms with Gasteiger partial charge in [0.25, 0.3) is 0 Å². The van der Waals surface area contributed by atoms with Gasteiger partial charge < -0.3 is 15.0 Å². The Balaban J connectivity index is 1.70. The first-order valence-electron chi connectivity index (χ1n) is 7.85. The van der Waals surface area contributed by atoms with Crippen LogP contribution in [0.4, 0.5) is 18.9 Å². The summed E-state index contributed by atoms with van der Waals surface area (Å²) in [6, 6.07) is 4.89. The molecule has 1 aliphatic heterocycles. The summed E-state index contributed by atoms with van der Waals surface area (Å²) in [5.41, 5.74) is 0.363. The van der Waals surface area contributed by atoms with Gasteiger partial charge in [0.05, 0.1) is 11.5 Å². The number of benzene rings is 1. The molecule has 0 aliphatic carbocycles. The van der Waals surface area contributed by atoms with Crippen molar-refractivity contribution >= 4 is 29.3 Å². The van der Waals surface area contributed by atoms with E-state index in [9.17, 15) is 22.8 Å². The van der Waals surface area contributed by atoms with Crippen molar-refractivity contribution in [3.05, 3.63) is 24.3 Å². The van der Waals surface area contributed by atoms with Crippen LogP contribution in [0.3, 0.4) is 0 Å². The van der Waals surface area contributed by atoms with Crippen molar-refractivity contribution < 1.29 is 27.5 Å². The molecule has 0 unspecified atom stereocenters. The second kappa shape index (κ2) is 8.98.